The van der Waals surface area contributed by atoms with Gasteiger partial charge in [-0.3, -0.25) is 0 Å². The van der Waals surface area contributed by atoms with Gasteiger partial charge in [0.25, 0.3) is 0 Å². The zero-order valence-corrected chi connectivity index (χ0v) is 13.6. The van der Waals surface area contributed by atoms with Gasteiger partial charge in [0, 0.05) is 12.0 Å². The van der Waals surface area contributed by atoms with Gasteiger partial charge in [-0.05, 0) is 30.5 Å². The van der Waals surface area contributed by atoms with Crippen molar-refractivity contribution >= 4 is 10.0 Å². The molecule has 9 heteroatoms. The number of sulfonamides is 1. The van der Waals surface area contributed by atoms with Crippen LogP contribution in [-0.2, 0) is 20.2 Å². The summed E-state index contributed by atoms with van der Waals surface area (Å²) in [5, 5.41) is -0.547. The molecule has 0 atom stereocenters. The number of alkyl halides is 3. The monoisotopic (exact) mass is 365 g/mol. The smallest absolute Gasteiger partial charge is 0.406 e. The van der Waals surface area contributed by atoms with Crippen molar-refractivity contribution in [3.05, 3.63) is 29.8 Å². The molecule has 1 saturated carbocycles. The summed E-state index contributed by atoms with van der Waals surface area (Å²) in [6.07, 6.45) is -2.42. The molecule has 1 aromatic rings. The topological polar surface area (TPSA) is 64.6 Å². The highest BCUT2D eigenvalue weighted by Crippen LogP contribution is 2.44. The number of nitrogens with one attached hydrogen (secondary N) is 1. The Bertz CT molecular complexity index is 697. The van der Waals surface area contributed by atoms with Crippen molar-refractivity contribution in [3.8, 4) is 5.75 Å². The van der Waals surface area contributed by atoms with E-state index in [9.17, 15) is 21.6 Å². The van der Waals surface area contributed by atoms with Gasteiger partial charge in [0.1, 0.15) is 11.0 Å². The Morgan fingerprint density at radius 2 is 2.00 bits per heavy atom. The molecule has 134 valence electrons. The molecule has 3 rings (SSSR count). The first-order valence-corrected chi connectivity index (χ1v) is 9.17. The fourth-order valence-electron chi connectivity index (χ4n) is 2.94. The number of benzene rings is 1. The fraction of sp³-hybridized carbons (Fsp3) is 0.600. The minimum Gasteiger partial charge on any atom is -0.406 e. The van der Waals surface area contributed by atoms with Crippen LogP contribution in [0.4, 0.5) is 13.2 Å². The fourth-order valence-corrected chi connectivity index (χ4v) is 4.21. The predicted octanol–water partition coefficient (Wildman–Crippen LogP) is 2.33. The Morgan fingerprint density at radius 1 is 1.29 bits per heavy atom. The Balaban J connectivity index is 1.74. The second kappa shape index (κ2) is 6.20. The summed E-state index contributed by atoms with van der Waals surface area (Å²) in [4.78, 5) is 0. The molecule has 5 nitrogen and oxygen atoms in total. The van der Waals surface area contributed by atoms with Gasteiger partial charge >= 0.3 is 6.36 Å². The molecule has 0 aromatic heterocycles. The van der Waals surface area contributed by atoms with E-state index >= 15 is 0 Å². The number of halogens is 3. The highest BCUT2D eigenvalue weighted by molar-refractivity contribution is 7.90. The van der Waals surface area contributed by atoms with Crippen LogP contribution in [0.1, 0.15) is 24.8 Å². The molecule has 1 aromatic carbocycles. The molecule has 0 unspecified atom stereocenters. The van der Waals surface area contributed by atoms with Crippen LogP contribution in [0.25, 0.3) is 0 Å². The molecule has 1 saturated heterocycles. The molecule has 0 spiro atoms. The molecule has 1 aliphatic carbocycles. The van der Waals surface area contributed by atoms with Gasteiger partial charge in [-0.15, -0.1) is 13.2 Å². The van der Waals surface area contributed by atoms with Crippen molar-refractivity contribution in [1.82, 2.24) is 4.72 Å². The summed E-state index contributed by atoms with van der Waals surface area (Å²) in [6.45, 7) is 0.524. The third kappa shape index (κ3) is 3.68. The van der Waals surface area contributed by atoms with Crippen LogP contribution in [0.2, 0.25) is 0 Å². The van der Waals surface area contributed by atoms with Crippen LogP contribution in [0.5, 0.6) is 5.75 Å². The normalized spacial score (nSPS) is 21.0. The van der Waals surface area contributed by atoms with Gasteiger partial charge in [0.15, 0.2) is 0 Å². The van der Waals surface area contributed by atoms with Crippen molar-refractivity contribution < 1.29 is 31.1 Å². The van der Waals surface area contributed by atoms with Gasteiger partial charge in [0.2, 0.25) is 10.0 Å². The maximum atomic E-state index is 12.4. The Morgan fingerprint density at radius 3 is 2.50 bits per heavy atom. The van der Waals surface area contributed by atoms with Crippen LogP contribution in [-0.4, -0.2) is 39.8 Å². The Kier molecular flexibility index (Phi) is 4.52. The summed E-state index contributed by atoms with van der Waals surface area (Å²) < 4.78 is 72.8. The second-order valence-electron chi connectivity index (χ2n) is 6.24. The van der Waals surface area contributed by atoms with E-state index in [4.69, 9.17) is 4.74 Å². The third-order valence-electron chi connectivity index (χ3n) is 4.65. The highest BCUT2D eigenvalue weighted by atomic mass is 32.2. The van der Waals surface area contributed by atoms with E-state index in [1.807, 2.05) is 0 Å². The highest BCUT2D eigenvalue weighted by Gasteiger charge is 2.42. The van der Waals surface area contributed by atoms with Gasteiger partial charge in [-0.2, -0.15) is 0 Å². The van der Waals surface area contributed by atoms with E-state index in [1.165, 1.54) is 18.2 Å². The number of hydrogen-bond acceptors (Lipinski definition) is 4. The van der Waals surface area contributed by atoms with E-state index in [0.29, 0.717) is 18.4 Å². The maximum Gasteiger partial charge on any atom is 0.573 e. The van der Waals surface area contributed by atoms with Gasteiger partial charge in [-0.1, -0.05) is 18.6 Å². The summed E-state index contributed by atoms with van der Waals surface area (Å²) in [6, 6.07) is 5.78. The lowest BCUT2D eigenvalue weighted by Crippen LogP contribution is -2.52. The molecule has 24 heavy (non-hydrogen) atoms. The number of rotatable bonds is 6. The van der Waals surface area contributed by atoms with E-state index in [0.717, 1.165) is 6.42 Å². The minimum absolute atomic E-state index is 0.168. The lowest BCUT2D eigenvalue weighted by atomic mass is 9.64. The first kappa shape index (κ1) is 17.5. The average molecular weight is 365 g/mol. The van der Waals surface area contributed by atoms with Crippen LogP contribution < -0.4 is 9.46 Å². The quantitative estimate of drug-likeness (QED) is 0.840. The van der Waals surface area contributed by atoms with Crippen LogP contribution in [0, 0.1) is 0 Å². The molecule has 2 aliphatic rings. The first-order valence-electron chi connectivity index (χ1n) is 7.63. The Labute approximate surface area is 138 Å². The molecule has 1 N–H and O–H groups in total. The van der Waals surface area contributed by atoms with Crippen LogP contribution in [0.15, 0.2) is 24.3 Å². The van der Waals surface area contributed by atoms with E-state index < -0.39 is 27.1 Å². The summed E-state index contributed by atoms with van der Waals surface area (Å²) in [5.74, 6) is -0.290. The van der Waals surface area contributed by atoms with Crippen molar-refractivity contribution in [3.63, 3.8) is 0 Å². The standard InChI is InChI=1S/C15H18F3NO4S/c16-15(17,18)23-12-4-1-3-11(7-12)14(5-2-6-14)10-19-24(20,21)13-8-22-9-13/h1,3-4,7,13,19H,2,5-6,8-10H2. The van der Waals surface area contributed by atoms with E-state index in [2.05, 4.69) is 9.46 Å². The van der Waals surface area contributed by atoms with Crippen molar-refractivity contribution in [2.75, 3.05) is 19.8 Å². The summed E-state index contributed by atoms with van der Waals surface area (Å²) in [5.41, 5.74) is 0.172. The zero-order valence-electron chi connectivity index (χ0n) is 12.8. The number of ether oxygens (including phenoxy) is 2. The van der Waals surface area contributed by atoms with Crippen molar-refractivity contribution in [2.45, 2.75) is 36.3 Å². The first-order chi connectivity index (χ1) is 11.2. The Hall–Kier alpha value is -1.32. The largest absolute Gasteiger partial charge is 0.573 e. The van der Waals surface area contributed by atoms with Gasteiger partial charge < -0.3 is 9.47 Å². The molecule has 2 fully saturated rings. The molecule has 0 bridgehead atoms. The van der Waals surface area contributed by atoms with Crippen LogP contribution >= 0.6 is 0 Å². The molecular weight excluding hydrogens is 347 g/mol. The van der Waals surface area contributed by atoms with Crippen molar-refractivity contribution in [1.29, 1.82) is 0 Å². The maximum absolute atomic E-state index is 12.4. The average Bonchev–Trinajstić information content (AvgIpc) is 2.32. The SMILES string of the molecule is O=S(=O)(NCC1(c2cccc(OC(F)(F)F)c2)CCC1)C1COC1. The second-order valence-corrected chi connectivity index (χ2v) is 8.28. The zero-order chi connectivity index (χ0) is 17.4. The lowest BCUT2D eigenvalue weighted by molar-refractivity contribution is -0.274. The van der Waals surface area contributed by atoms with Gasteiger partial charge in [-0.25, -0.2) is 13.1 Å². The lowest BCUT2D eigenvalue weighted by Gasteiger charge is -2.43. The number of hydrogen-bond donors (Lipinski definition) is 1. The summed E-state index contributed by atoms with van der Waals surface area (Å²) >= 11 is 0. The molecule has 1 heterocycles. The van der Waals surface area contributed by atoms with Crippen LogP contribution in [0.3, 0.4) is 0 Å². The predicted molar refractivity (Wildman–Crippen MR) is 80.2 cm³/mol. The van der Waals surface area contributed by atoms with Gasteiger partial charge in [0.05, 0.1) is 13.2 Å². The molecule has 0 amide bonds. The molecule has 0 radical (unpaired) electrons. The van der Waals surface area contributed by atoms with E-state index in [1.54, 1.807) is 6.07 Å². The van der Waals surface area contributed by atoms with E-state index in [-0.39, 0.29) is 25.5 Å². The summed E-state index contributed by atoms with van der Waals surface area (Å²) in [7, 11) is -3.47. The molecular formula is C15H18F3NO4S. The third-order valence-corrected chi connectivity index (χ3v) is 6.35. The molecule has 1 aliphatic heterocycles. The minimum atomic E-state index is -4.75. The van der Waals surface area contributed by atoms with Crippen molar-refractivity contribution in [2.24, 2.45) is 0 Å².